The van der Waals surface area contributed by atoms with Gasteiger partial charge in [0.1, 0.15) is 5.75 Å². The Kier molecular flexibility index (Phi) is 5.06. The van der Waals surface area contributed by atoms with Crippen LogP contribution in [0.4, 0.5) is 0 Å². The second-order valence-corrected chi connectivity index (χ2v) is 5.70. The van der Waals surface area contributed by atoms with Gasteiger partial charge in [-0.3, -0.25) is 0 Å². The van der Waals surface area contributed by atoms with Crippen molar-refractivity contribution < 1.29 is 4.74 Å². The van der Waals surface area contributed by atoms with Gasteiger partial charge in [-0.15, -0.1) is 0 Å². The third-order valence-corrected chi connectivity index (χ3v) is 3.40. The molecule has 1 unspecified atom stereocenters. The zero-order chi connectivity index (χ0) is 12.8. The summed E-state index contributed by atoms with van der Waals surface area (Å²) in [6.45, 7) is 6.32. The van der Waals surface area contributed by atoms with E-state index in [4.69, 9.17) is 4.74 Å². The molecule has 1 N–H and O–H groups in total. The molecular formula is C16H25NO. The van der Waals surface area contributed by atoms with Crippen LogP contribution in [0.3, 0.4) is 0 Å². The summed E-state index contributed by atoms with van der Waals surface area (Å²) in [5.74, 6) is 1.57. The molecule has 1 saturated heterocycles. The van der Waals surface area contributed by atoms with Gasteiger partial charge in [0.05, 0.1) is 6.61 Å². The maximum atomic E-state index is 5.70. The molecule has 2 heteroatoms. The normalized spacial score (nSPS) is 20.1. The van der Waals surface area contributed by atoms with Crippen LogP contribution >= 0.6 is 0 Å². The maximum Gasteiger partial charge on any atom is 0.119 e. The van der Waals surface area contributed by atoms with Crippen molar-refractivity contribution in [3.63, 3.8) is 0 Å². The van der Waals surface area contributed by atoms with E-state index in [0.717, 1.165) is 18.8 Å². The van der Waals surface area contributed by atoms with Crippen molar-refractivity contribution in [2.75, 3.05) is 13.2 Å². The smallest absolute Gasteiger partial charge is 0.119 e. The average molecular weight is 247 g/mol. The van der Waals surface area contributed by atoms with Gasteiger partial charge < -0.3 is 10.1 Å². The first kappa shape index (κ1) is 13.4. The number of hydrogen-bond donors (Lipinski definition) is 1. The van der Waals surface area contributed by atoms with Crippen molar-refractivity contribution in [3.05, 3.63) is 29.8 Å². The van der Waals surface area contributed by atoms with E-state index in [2.05, 4.69) is 43.4 Å². The Labute approximate surface area is 111 Å². The molecule has 0 amide bonds. The molecule has 0 radical (unpaired) electrons. The maximum absolute atomic E-state index is 5.70. The molecule has 100 valence electrons. The van der Waals surface area contributed by atoms with E-state index in [-0.39, 0.29) is 0 Å². The summed E-state index contributed by atoms with van der Waals surface area (Å²) in [6, 6.07) is 9.26. The summed E-state index contributed by atoms with van der Waals surface area (Å²) in [5, 5.41) is 3.59. The molecule has 1 heterocycles. The van der Waals surface area contributed by atoms with Crippen LogP contribution in [0.25, 0.3) is 0 Å². The van der Waals surface area contributed by atoms with Gasteiger partial charge in [-0.05, 0) is 49.4 Å². The van der Waals surface area contributed by atoms with E-state index < -0.39 is 0 Å². The van der Waals surface area contributed by atoms with Gasteiger partial charge in [-0.1, -0.05) is 32.4 Å². The largest absolute Gasteiger partial charge is 0.493 e. The van der Waals surface area contributed by atoms with Crippen LogP contribution in [0, 0.1) is 5.92 Å². The molecule has 1 atom stereocenters. The highest BCUT2D eigenvalue weighted by Gasteiger charge is 2.12. The van der Waals surface area contributed by atoms with E-state index in [1.165, 1.54) is 31.4 Å². The summed E-state index contributed by atoms with van der Waals surface area (Å²) < 4.78 is 5.70. The minimum absolute atomic E-state index is 0.580. The molecule has 1 aromatic rings. The topological polar surface area (TPSA) is 21.3 Å². The van der Waals surface area contributed by atoms with Crippen LogP contribution in [-0.2, 0) is 6.42 Å². The van der Waals surface area contributed by atoms with E-state index in [1.807, 2.05) is 0 Å². The van der Waals surface area contributed by atoms with Crippen molar-refractivity contribution in [2.24, 2.45) is 5.92 Å². The number of ether oxygens (including phenoxy) is 1. The van der Waals surface area contributed by atoms with Crippen molar-refractivity contribution in [3.8, 4) is 5.75 Å². The molecule has 0 saturated carbocycles. The van der Waals surface area contributed by atoms with Crippen molar-refractivity contribution in [1.29, 1.82) is 0 Å². The van der Waals surface area contributed by atoms with Crippen LogP contribution in [0.5, 0.6) is 5.75 Å². The van der Waals surface area contributed by atoms with E-state index in [1.54, 1.807) is 0 Å². The predicted molar refractivity (Wildman–Crippen MR) is 76.1 cm³/mol. The van der Waals surface area contributed by atoms with Crippen molar-refractivity contribution >= 4 is 0 Å². The number of hydrogen-bond acceptors (Lipinski definition) is 2. The fourth-order valence-electron chi connectivity index (χ4n) is 2.37. The van der Waals surface area contributed by atoms with E-state index in [9.17, 15) is 0 Å². The summed E-state index contributed by atoms with van der Waals surface area (Å²) in [6.07, 6.45) is 5.15. The van der Waals surface area contributed by atoms with Gasteiger partial charge >= 0.3 is 0 Å². The average Bonchev–Trinajstić information content (AvgIpc) is 2.39. The Morgan fingerprint density at radius 1 is 1.22 bits per heavy atom. The molecule has 1 aromatic carbocycles. The minimum Gasteiger partial charge on any atom is -0.493 e. The Bertz CT molecular complexity index is 339. The fourth-order valence-corrected chi connectivity index (χ4v) is 2.37. The third kappa shape index (κ3) is 4.34. The second-order valence-electron chi connectivity index (χ2n) is 5.70. The van der Waals surface area contributed by atoms with Crippen LogP contribution in [0.2, 0.25) is 0 Å². The molecule has 0 bridgehead atoms. The molecule has 1 aliphatic heterocycles. The van der Waals surface area contributed by atoms with Gasteiger partial charge in [0.2, 0.25) is 0 Å². The lowest BCUT2D eigenvalue weighted by Gasteiger charge is -2.23. The Morgan fingerprint density at radius 2 is 2.00 bits per heavy atom. The highest BCUT2D eigenvalue weighted by molar-refractivity contribution is 5.27. The summed E-state index contributed by atoms with van der Waals surface area (Å²) >= 11 is 0. The van der Waals surface area contributed by atoms with Crippen LogP contribution in [0.15, 0.2) is 24.3 Å². The highest BCUT2D eigenvalue weighted by atomic mass is 16.5. The third-order valence-electron chi connectivity index (χ3n) is 3.40. The standard InChI is InChI=1S/C16H25NO/c1-13(2)12-18-16-8-6-14(7-9-16)11-15-5-3-4-10-17-15/h6-9,13,15,17H,3-5,10-12H2,1-2H3. The number of benzene rings is 1. The van der Waals surface area contributed by atoms with Crippen LogP contribution in [-0.4, -0.2) is 19.2 Å². The zero-order valence-electron chi connectivity index (χ0n) is 11.6. The first-order chi connectivity index (χ1) is 8.74. The Morgan fingerprint density at radius 3 is 2.61 bits per heavy atom. The lowest BCUT2D eigenvalue weighted by atomic mass is 9.98. The molecule has 0 spiro atoms. The van der Waals surface area contributed by atoms with Crippen molar-refractivity contribution in [2.45, 2.75) is 45.6 Å². The fraction of sp³-hybridized carbons (Fsp3) is 0.625. The zero-order valence-corrected chi connectivity index (χ0v) is 11.6. The van der Waals surface area contributed by atoms with Crippen LogP contribution < -0.4 is 10.1 Å². The lowest BCUT2D eigenvalue weighted by Crippen LogP contribution is -2.35. The second kappa shape index (κ2) is 6.79. The number of rotatable bonds is 5. The van der Waals surface area contributed by atoms with Gasteiger partial charge in [0.15, 0.2) is 0 Å². The predicted octanol–water partition coefficient (Wildman–Crippen LogP) is 3.41. The molecular weight excluding hydrogens is 222 g/mol. The number of piperidine rings is 1. The van der Waals surface area contributed by atoms with Crippen LogP contribution in [0.1, 0.15) is 38.7 Å². The first-order valence-corrected chi connectivity index (χ1v) is 7.19. The summed E-state index contributed by atoms with van der Waals surface area (Å²) in [7, 11) is 0. The highest BCUT2D eigenvalue weighted by Crippen LogP contribution is 2.17. The van der Waals surface area contributed by atoms with Gasteiger partial charge in [-0.2, -0.15) is 0 Å². The minimum atomic E-state index is 0.580. The number of nitrogens with one attached hydrogen (secondary N) is 1. The SMILES string of the molecule is CC(C)COc1ccc(CC2CCCCN2)cc1. The molecule has 0 aromatic heterocycles. The summed E-state index contributed by atoms with van der Waals surface area (Å²) in [5.41, 5.74) is 1.41. The molecule has 18 heavy (non-hydrogen) atoms. The van der Waals surface area contributed by atoms with Gasteiger partial charge in [-0.25, -0.2) is 0 Å². The van der Waals surface area contributed by atoms with E-state index in [0.29, 0.717) is 12.0 Å². The van der Waals surface area contributed by atoms with E-state index >= 15 is 0 Å². The molecule has 2 nitrogen and oxygen atoms in total. The monoisotopic (exact) mass is 247 g/mol. The van der Waals surface area contributed by atoms with Gasteiger partial charge in [0.25, 0.3) is 0 Å². The van der Waals surface area contributed by atoms with Crippen molar-refractivity contribution in [1.82, 2.24) is 5.32 Å². The molecule has 1 aliphatic rings. The molecule has 0 aliphatic carbocycles. The quantitative estimate of drug-likeness (QED) is 0.861. The molecule has 2 rings (SSSR count). The molecule has 1 fully saturated rings. The Hall–Kier alpha value is -1.02. The first-order valence-electron chi connectivity index (χ1n) is 7.19. The van der Waals surface area contributed by atoms with Gasteiger partial charge in [0, 0.05) is 6.04 Å². The Balaban J connectivity index is 1.83. The lowest BCUT2D eigenvalue weighted by molar-refractivity contribution is 0.271. The summed E-state index contributed by atoms with van der Waals surface area (Å²) in [4.78, 5) is 0.